The van der Waals surface area contributed by atoms with Crippen LogP contribution in [0.1, 0.15) is 41.6 Å². The number of amides is 1. The molecule has 0 aromatic carbocycles. The van der Waals surface area contributed by atoms with E-state index in [4.69, 9.17) is 14.7 Å². The van der Waals surface area contributed by atoms with Crippen molar-refractivity contribution >= 4 is 48.4 Å². The third-order valence-electron chi connectivity index (χ3n) is 3.43. The first-order valence-electron chi connectivity index (χ1n) is 7.45. The van der Waals surface area contributed by atoms with Gasteiger partial charge in [0.15, 0.2) is 5.78 Å². The highest BCUT2D eigenvalue weighted by molar-refractivity contribution is 7.30. The number of hydrogen-bond donors (Lipinski definition) is 2. The van der Waals surface area contributed by atoms with Crippen LogP contribution >= 0.6 is 30.9 Å². The number of thiophene rings is 2. The van der Waals surface area contributed by atoms with E-state index in [1.54, 1.807) is 11.4 Å². The Bertz CT molecular complexity index is 849. The van der Waals surface area contributed by atoms with Gasteiger partial charge in [0.05, 0.1) is 14.6 Å². The van der Waals surface area contributed by atoms with E-state index in [0.29, 0.717) is 32.3 Å². The smallest absolute Gasteiger partial charge is 0.521 e. The van der Waals surface area contributed by atoms with Gasteiger partial charge in [-0.3, -0.25) is 14.4 Å². The van der Waals surface area contributed by atoms with Gasteiger partial charge in [0.1, 0.15) is 0 Å². The maximum absolute atomic E-state index is 12.4. The lowest BCUT2D eigenvalue weighted by Crippen LogP contribution is -2.30. The minimum Gasteiger partial charge on any atom is -0.565 e. The topological polar surface area (TPSA) is 136 Å². The van der Waals surface area contributed by atoms with Crippen molar-refractivity contribution in [2.45, 2.75) is 0 Å². The molecule has 2 heterocycles. The molecule has 0 fully saturated rings. The van der Waals surface area contributed by atoms with Gasteiger partial charge < -0.3 is 15.1 Å². The second-order valence-electron chi connectivity index (χ2n) is 5.54. The maximum Gasteiger partial charge on any atom is 0.521 e. The maximum atomic E-state index is 12.4. The van der Waals surface area contributed by atoms with E-state index in [0.717, 1.165) is 17.9 Å². The fourth-order valence-corrected chi connectivity index (χ4v) is 4.15. The van der Waals surface area contributed by atoms with Crippen LogP contribution in [0.2, 0.25) is 0 Å². The molecular formula is C15H17N2O7PS2. The number of hydrogen-bond acceptors (Lipinski definition) is 10. The summed E-state index contributed by atoms with van der Waals surface area (Å²) < 4.78 is 11.6. The first kappa shape index (κ1) is 21.5. The van der Waals surface area contributed by atoms with Crippen LogP contribution in [-0.2, 0) is 9.24 Å². The van der Waals surface area contributed by atoms with E-state index in [1.165, 1.54) is 17.4 Å². The monoisotopic (exact) mass is 432 g/mol. The van der Waals surface area contributed by atoms with Crippen LogP contribution in [-0.4, -0.2) is 54.8 Å². The highest BCUT2D eigenvalue weighted by Gasteiger charge is 2.33. The Kier molecular flexibility index (Phi) is 7.45. The molecule has 27 heavy (non-hydrogen) atoms. The highest BCUT2D eigenvalue weighted by Crippen LogP contribution is 2.35. The molecule has 9 nitrogen and oxygen atoms in total. The Morgan fingerprint density at radius 2 is 2.00 bits per heavy atom. The molecule has 2 aromatic rings. The quantitative estimate of drug-likeness (QED) is 0.353. The number of carbonyl (C=O) groups excluding carboxylic acids is 3. The minimum absolute atomic E-state index is 0. The number of nitrogens with one attached hydrogen (secondary N) is 1. The van der Waals surface area contributed by atoms with Crippen LogP contribution in [0, 0.1) is 0 Å². The predicted molar refractivity (Wildman–Crippen MR) is 99.8 cm³/mol. The van der Waals surface area contributed by atoms with Crippen molar-refractivity contribution in [3.05, 3.63) is 43.3 Å². The van der Waals surface area contributed by atoms with Gasteiger partial charge in [-0.05, 0) is 36.2 Å². The first-order valence-corrected chi connectivity index (χ1v) is 10.2. The molecule has 0 saturated heterocycles. The van der Waals surface area contributed by atoms with Gasteiger partial charge in [-0.2, -0.15) is 0 Å². The summed E-state index contributed by atoms with van der Waals surface area (Å²) in [6.07, 6.45) is 0. The molecule has 3 rings (SSSR count). The molecule has 0 bridgehead atoms. The Labute approximate surface area is 164 Å². The summed E-state index contributed by atoms with van der Waals surface area (Å²) in [6.45, 7) is 1.25. The number of nitrogens with zero attached hydrogens (tertiary/aromatic N) is 1. The largest absolute Gasteiger partial charge is 0.565 e. The predicted octanol–water partition coefficient (Wildman–Crippen LogP) is 1.62. The Hall–Kier alpha value is -1.85. The summed E-state index contributed by atoms with van der Waals surface area (Å²) in [7, 11) is 0.802. The Morgan fingerprint density at radius 3 is 2.59 bits per heavy atom. The van der Waals surface area contributed by atoms with Crippen LogP contribution in [0.15, 0.2) is 17.5 Å². The molecule has 1 aliphatic carbocycles. The van der Waals surface area contributed by atoms with Crippen LogP contribution in [0.5, 0.6) is 0 Å². The van der Waals surface area contributed by atoms with E-state index < -0.39 is 8.25 Å². The molecule has 1 aliphatic rings. The van der Waals surface area contributed by atoms with Crippen molar-refractivity contribution in [2.75, 3.05) is 27.2 Å². The lowest BCUT2D eigenvalue weighted by Gasteiger charge is -2.09. The summed E-state index contributed by atoms with van der Waals surface area (Å²) in [6, 6.07) is 3.20. The first-order chi connectivity index (χ1) is 12.8. The Morgan fingerprint density at radius 1 is 1.33 bits per heavy atom. The molecule has 0 saturated carbocycles. The van der Waals surface area contributed by atoms with Gasteiger partial charge >= 0.3 is 8.25 Å². The molecule has 2 N–H and O–H groups in total. The number of likely N-dealkylation sites (N-methyl/N-ethyl adjacent to an activating group) is 1. The average Bonchev–Trinajstić information content (AvgIpc) is 3.27. The van der Waals surface area contributed by atoms with Crippen molar-refractivity contribution in [3.63, 3.8) is 0 Å². The van der Waals surface area contributed by atoms with Gasteiger partial charge in [0.25, 0.3) is 5.91 Å². The van der Waals surface area contributed by atoms with E-state index in [9.17, 15) is 14.4 Å². The molecule has 146 valence electrons. The minimum atomic E-state index is -3.04. The molecule has 1 atom stereocenters. The van der Waals surface area contributed by atoms with Gasteiger partial charge in [-0.1, -0.05) is 0 Å². The molecule has 1 amide bonds. The summed E-state index contributed by atoms with van der Waals surface area (Å²) in [5.74, 6) is -0.573. The molecule has 2 aromatic heterocycles. The lowest BCUT2D eigenvalue weighted by atomic mass is 9.95. The molecule has 12 heteroatoms. The standard InChI is InChI=1S/C15H14N2O3S2.HO4P.H2/c1-17(2)5-4-16-15(20)10-7-9-11(18)8-3-6-21-13(8)12(19)14(9)22-10;1-4-5(2)3;/h3,6-7H,4-5H2,1-2H3,(H,16,20);1H;1H. The molecule has 0 radical (unpaired) electrons. The van der Waals surface area contributed by atoms with E-state index in [2.05, 4.69) is 9.99 Å². The van der Waals surface area contributed by atoms with Crippen molar-refractivity contribution in [3.8, 4) is 0 Å². The van der Waals surface area contributed by atoms with Gasteiger partial charge in [-0.25, -0.2) is 5.26 Å². The number of ketones is 2. The van der Waals surface area contributed by atoms with E-state index in [1.807, 2.05) is 19.0 Å². The molecule has 1 unspecified atom stereocenters. The summed E-state index contributed by atoms with van der Waals surface area (Å²) in [4.78, 5) is 49.0. The van der Waals surface area contributed by atoms with Crippen molar-refractivity contribution < 1.29 is 35.2 Å². The fraction of sp³-hybridized carbons (Fsp3) is 0.267. The zero-order chi connectivity index (χ0) is 20.1. The van der Waals surface area contributed by atoms with Crippen LogP contribution in [0.25, 0.3) is 0 Å². The lowest BCUT2D eigenvalue weighted by molar-refractivity contribution is -0.244. The number of rotatable bonds is 5. The molecular weight excluding hydrogens is 415 g/mol. The zero-order valence-electron chi connectivity index (χ0n) is 14.3. The second-order valence-corrected chi connectivity index (χ2v) is 8.12. The van der Waals surface area contributed by atoms with Crippen molar-refractivity contribution in [1.82, 2.24) is 10.2 Å². The van der Waals surface area contributed by atoms with E-state index in [-0.39, 0.29) is 18.9 Å². The normalized spacial score (nSPS) is 12.9. The third kappa shape index (κ3) is 5.11. The SMILES string of the molecule is CN(C)CCNC(=O)c1cc2c(s1)C(=O)c1sccc1C2=O.O=[P+]([O-])OO.[HH]. The van der Waals surface area contributed by atoms with Gasteiger partial charge in [-0.15, -0.1) is 22.7 Å². The van der Waals surface area contributed by atoms with E-state index >= 15 is 0 Å². The Balaban J connectivity index is 0.000000584. The van der Waals surface area contributed by atoms with Gasteiger partial charge in [0, 0.05) is 30.3 Å². The van der Waals surface area contributed by atoms with Crippen LogP contribution in [0.3, 0.4) is 0 Å². The van der Waals surface area contributed by atoms with Crippen LogP contribution < -0.4 is 10.2 Å². The third-order valence-corrected chi connectivity index (χ3v) is 5.61. The van der Waals surface area contributed by atoms with Crippen molar-refractivity contribution in [1.29, 1.82) is 0 Å². The van der Waals surface area contributed by atoms with Crippen molar-refractivity contribution in [2.24, 2.45) is 0 Å². The number of carbonyl (C=O) groups is 3. The molecule has 0 spiro atoms. The average molecular weight is 432 g/mol. The summed E-state index contributed by atoms with van der Waals surface area (Å²) in [5.41, 5.74) is 0.790. The zero-order valence-corrected chi connectivity index (χ0v) is 16.8. The second kappa shape index (κ2) is 9.38. The summed E-state index contributed by atoms with van der Waals surface area (Å²) in [5, 5.41) is 11.6. The fourth-order valence-electron chi connectivity index (χ4n) is 2.23. The summed E-state index contributed by atoms with van der Waals surface area (Å²) >= 11 is 2.36. The van der Waals surface area contributed by atoms with Crippen LogP contribution in [0.4, 0.5) is 0 Å². The highest BCUT2D eigenvalue weighted by atomic mass is 32.1. The molecule has 0 aliphatic heterocycles. The number of fused-ring (bicyclic) bond motifs is 2. The van der Waals surface area contributed by atoms with Gasteiger partial charge in [0.2, 0.25) is 5.78 Å².